The van der Waals surface area contributed by atoms with Crippen LogP contribution in [0.4, 0.5) is 0 Å². The average Bonchev–Trinajstić information content (AvgIpc) is 2.87. The van der Waals surface area contributed by atoms with Gasteiger partial charge in [0, 0.05) is 30.2 Å². The summed E-state index contributed by atoms with van der Waals surface area (Å²) in [4.78, 5) is 17.0. The summed E-state index contributed by atoms with van der Waals surface area (Å²) < 4.78 is 0. The summed E-state index contributed by atoms with van der Waals surface area (Å²) in [6.07, 6.45) is 2.71. The van der Waals surface area contributed by atoms with Gasteiger partial charge in [-0.05, 0) is 24.0 Å². The second-order valence-corrected chi connectivity index (χ2v) is 5.97. The van der Waals surface area contributed by atoms with Gasteiger partial charge in [-0.2, -0.15) is 11.8 Å². The number of nitrogens with zero attached hydrogens (tertiary/aromatic N) is 1. The normalized spacial score (nSPS) is 17.5. The van der Waals surface area contributed by atoms with Crippen LogP contribution in [0.2, 0.25) is 5.02 Å². The number of carbonyl (C=O) groups excluding carboxylic acids is 1. The molecule has 1 aromatic carbocycles. The molecule has 0 radical (unpaired) electrons. The van der Waals surface area contributed by atoms with E-state index in [1.807, 2.05) is 30.5 Å². The molecule has 108 valence electrons. The Labute approximate surface area is 127 Å². The van der Waals surface area contributed by atoms with Crippen molar-refractivity contribution in [3.05, 3.63) is 34.9 Å². The van der Waals surface area contributed by atoms with Crippen LogP contribution < -0.4 is 5.32 Å². The lowest BCUT2D eigenvalue weighted by Crippen LogP contribution is -2.36. The van der Waals surface area contributed by atoms with Crippen LogP contribution in [0.25, 0.3) is 0 Å². The van der Waals surface area contributed by atoms with Gasteiger partial charge in [0.15, 0.2) is 0 Å². The van der Waals surface area contributed by atoms with Gasteiger partial charge < -0.3 is 10.2 Å². The van der Waals surface area contributed by atoms with Gasteiger partial charge in [0.1, 0.15) is 0 Å². The van der Waals surface area contributed by atoms with Gasteiger partial charge in [0.2, 0.25) is 6.10 Å². The van der Waals surface area contributed by atoms with Gasteiger partial charge >= 0.3 is 0 Å². The van der Waals surface area contributed by atoms with Gasteiger partial charge in [-0.1, -0.05) is 28.9 Å². The SMILES string of the molecule is CSCCNC(=O)C1CC(Cc2cccc(Cl)c2)=NO1. The van der Waals surface area contributed by atoms with Crippen LogP contribution in [0, 0.1) is 0 Å². The number of rotatable bonds is 6. The van der Waals surface area contributed by atoms with Crippen molar-refractivity contribution in [3.63, 3.8) is 0 Å². The molecule has 0 aromatic heterocycles. The highest BCUT2D eigenvalue weighted by Crippen LogP contribution is 2.17. The van der Waals surface area contributed by atoms with Gasteiger partial charge in [0.25, 0.3) is 5.91 Å². The first kappa shape index (κ1) is 15.2. The van der Waals surface area contributed by atoms with Crippen molar-refractivity contribution in [3.8, 4) is 0 Å². The molecule has 1 atom stereocenters. The molecule has 0 saturated carbocycles. The van der Waals surface area contributed by atoms with E-state index in [4.69, 9.17) is 16.4 Å². The second kappa shape index (κ2) is 7.55. The lowest BCUT2D eigenvalue weighted by Gasteiger charge is -2.08. The van der Waals surface area contributed by atoms with E-state index < -0.39 is 6.10 Å². The van der Waals surface area contributed by atoms with E-state index in [9.17, 15) is 4.79 Å². The minimum Gasteiger partial charge on any atom is -0.382 e. The summed E-state index contributed by atoms with van der Waals surface area (Å²) in [5, 5.41) is 7.54. The molecular formula is C14H17ClN2O2S. The summed E-state index contributed by atoms with van der Waals surface area (Å²) in [6, 6.07) is 7.62. The third-order valence-electron chi connectivity index (χ3n) is 2.93. The Balaban J connectivity index is 1.81. The summed E-state index contributed by atoms with van der Waals surface area (Å²) in [6.45, 7) is 0.656. The van der Waals surface area contributed by atoms with Crippen LogP contribution in [0.1, 0.15) is 12.0 Å². The molecule has 0 saturated heterocycles. The van der Waals surface area contributed by atoms with E-state index in [0.29, 0.717) is 24.4 Å². The van der Waals surface area contributed by atoms with Crippen LogP contribution in [0.15, 0.2) is 29.4 Å². The fraction of sp³-hybridized carbons (Fsp3) is 0.429. The first-order chi connectivity index (χ1) is 9.69. The maximum Gasteiger partial charge on any atom is 0.264 e. The molecular weight excluding hydrogens is 296 g/mol. The van der Waals surface area contributed by atoms with Crippen molar-refractivity contribution < 1.29 is 9.63 Å². The van der Waals surface area contributed by atoms with Crippen molar-refractivity contribution >= 4 is 35.0 Å². The third kappa shape index (κ3) is 4.42. The number of hydrogen-bond donors (Lipinski definition) is 1. The number of carbonyl (C=O) groups is 1. The minimum absolute atomic E-state index is 0.0936. The van der Waals surface area contributed by atoms with Crippen LogP contribution in [0.5, 0.6) is 0 Å². The molecule has 0 fully saturated rings. The lowest BCUT2D eigenvalue weighted by atomic mass is 10.0. The van der Waals surface area contributed by atoms with Gasteiger partial charge in [-0.15, -0.1) is 0 Å². The van der Waals surface area contributed by atoms with E-state index in [0.717, 1.165) is 17.0 Å². The number of oxime groups is 1. The van der Waals surface area contributed by atoms with E-state index >= 15 is 0 Å². The second-order valence-electron chi connectivity index (χ2n) is 4.55. The van der Waals surface area contributed by atoms with Crippen molar-refractivity contribution in [2.75, 3.05) is 18.6 Å². The molecule has 2 rings (SSSR count). The Morgan fingerprint density at radius 2 is 2.45 bits per heavy atom. The van der Waals surface area contributed by atoms with Crippen molar-refractivity contribution in [2.24, 2.45) is 5.16 Å². The zero-order valence-corrected chi connectivity index (χ0v) is 12.8. The Kier molecular flexibility index (Phi) is 5.73. The molecule has 6 heteroatoms. The lowest BCUT2D eigenvalue weighted by molar-refractivity contribution is -0.131. The number of benzene rings is 1. The number of hydrogen-bond acceptors (Lipinski definition) is 4. The monoisotopic (exact) mass is 312 g/mol. The van der Waals surface area contributed by atoms with Crippen molar-refractivity contribution in [1.29, 1.82) is 0 Å². The van der Waals surface area contributed by atoms with Crippen LogP contribution in [-0.4, -0.2) is 36.3 Å². The Bertz CT molecular complexity index is 508. The third-order valence-corrected chi connectivity index (χ3v) is 3.77. The Hall–Kier alpha value is -1.20. The molecule has 20 heavy (non-hydrogen) atoms. The predicted molar refractivity (Wildman–Crippen MR) is 83.5 cm³/mol. The van der Waals surface area contributed by atoms with E-state index in [1.165, 1.54) is 0 Å². The van der Waals surface area contributed by atoms with Crippen molar-refractivity contribution in [1.82, 2.24) is 5.32 Å². The molecule has 0 aliphatic carbocycles. The molecule has 1 amide bonds. The summed E-state index contributed by atoms with van der Waals surface area (Å²) in [5.74, 6) is 0.804. The standard InChI is InChI=1S/C14H17ClN2O2S/c1-20-6-5-16-14(18)13-9-12(17-19-13)8-10-3-2-4-11(15)7-10/h2-4,7,13H,5-6,8-9H2,1H3,(H,16,18). The van der Waals surface area contributed by atoms with Gasteiger partial charge in [-0.3, -0.25) is 4.79 Å². The number of halogens is 1. The minimum atomic E-state index is -0.494. The molecule has 1 aromatic rings. The molecule has 1 heterocycles. The van der Waals surface area contributed by atoms with E-state index in [1.54, 1.807) is 11.8 Å². The number of thioether (sulfide) groups is 1. The quantitative estimate of drug-likeness (QED) is 0.821. The first-order valence-corrected chi connectivity index (χ1v) is 8.19. The van der Waals surface area contributed by atoms with Gasteiger partial charge in [-0.25, -0.2) is 0 Å². The smallest absolute Gasteiger partial charge is 0.264 e. The summed E-state index contributed by atoms with van der Waals surface area (Å²) in [7, 11) is 0. The molecule has 0 spiro atoms. The fourth-order valence-electron chi connectivity index (χ4n) is 1.94. The molecule has 1 aliphatic heterocycles. The average molecular weight is 313 g/mol. The summed E-state index contributed by atoms with van der Waals surface area (Å²) >= 11 is 7.64. The number of nitrogens with one attached hydrogen (secondary N) is 1. The van der Waals surface area contributed by atoms with Crippen LogP contribution >= 0.6 is 23.4 Å². The first-order valence-electron chi connectivity index (χ1n) is 6.41. The topological polar surface area (TPSA) is 50.7 Å². The Morgan fingerprint density at radius 3 is 3.20 bits per heavy atom. The molecule has 1 N–H and O–H groups in total. The largest absolute Gasteiger partial charge is 0.382 e. The highest BCUT2D eigenvalue weighted by atomic mass is 35.5. The van der Waals surface area contributed by atoms with Crippen molar-refractivity contribution in [2.45, 2.75) is 18.9 Å². The maximum absolute atomic E-state index is 11.8. The van der Waals surface area contributed by atoms with Crippen LogP contribution in [0.3, 0.4) is 0 Å². The maximum atomic E-state index is 11.8. The zero-order chi connectivity index (χ0) is 14.4. The molecule has 0 bridgehead atoms. The highest BCUT2D eigenvalue weighted by molar-refractivity contribution is 7.98. The van der Waals surface area contributed by atoms with E-state index in [-0.39, 0.29) is 5.91 Å². The zero-order valence-electron chi connectivity index (χ0n) is 11.3. The molecule has 1 aliphatic rings. The predicted octanol–water partition coefficient (Wildman–Crippen LogP) is 2.51. The van der Waals surface area contributed by atoms with E-state index in [2.05, 4.69) is 10.5 Å². The molecule has 4 nitrogen and oxygen atoms in total. The molecule has 1 unspecified atom stereocenters. The van der Waals surface area contributed by atoms with Crippen LogP contribution in [-0.2, 0) is 16.1 Å². The Morgan fingerprint density at radius 1 is 1.60 bits per heavy atom. The number of amides is 1. The highest BCUT2D eigenvalue weighted by Gasteiger charge is 2.27. The van der Waals surface area contributed by atoms with Gasteiger partial charge in [0.05, 0.1) is 5.71 Å². The fourth-order valence-corrected chi connectivity index (χ4v) is 2.46. The summed E-state index contributed by atoms with van der Waals surface area (Å²) in [5.41, 5.74) is 1.94.